The Morgan fingerprint density at radius 3 is 2.50 bits per heavy atom. The Morgan fingerprint density at radius 1 is 1.10 bits per heavy atom. The minimum atomic E-state index is 0.0649. The van der Waals surface area contributed by atoms with Crippen molar-refractivity contribution in [2.24, 2.45) is 0 Å². The van der Waals surface area contributed by atoms with Gasteiger partial charge in [-0.05, 0) is 42.5 Å². The van der Waals surface area contributed by atoms with Crippen LogP contribution in [-0.4, -0.2) is 5.91 Å². The number of benzene rings is 2. The highest BCUT2D eigenvalue weighted by atomic mass is 16.1. The van der Waals surface area contributed by atoms with Gasteiger partial charge in [-0.1, -0.05) is 49.4 Å². The lowest BCUT2D eigenvalue weighted by molar-refractivity contribution is -0.116. The fourth-order valence-corrected chi connectivity index (χ4v) is 2.25. The van der Waals surface area contributed by atoms with Crippen molar-refractivity contribution >= 4 is 11.6 Å². The van der Waals surface area contributed by atoms with Gasteiger partial charge in [-0.25, -0.2) is 0 Å². The first kappa shape index (κ1) is 14.3. The molecule has 0 radical (unpaired) electrons. The molecule has 2 heteroatoms. The maximum Gasteiger partial charge on any atom is 0.224 e. The van der Waals surface area contributed by atoms with Crippen LogP contribution in [0.1, 0.15) is 36.0 Å². The van der Waals surface area contributed by atoms with E-state index in [2.05, 4.69) is 30.4 Å². The van der Waals surface area contributed by atoms with E-state index in [1.165, 1.54) is 5.56 Å². The second-order valence-electron chi connectivity index (χ2n) is 5.38. The summed E-state index contributed by atoms with van der Waals surface area (Å²) in [7, 11) is 0. The number of nitrogens with one attached hydrogen (secondary N) is 1. The van der Waals surface area contributed by atoms with E-state index in [-0.39, 0.29) is 11.8 Å². The second-order valence-corrected chi connectivity index (χ2v) is 5.38. The average Bonchev–Trinajstić information content (AvgIpc) is 2.43. The van der Waals surface area contributed by atoms with Gasteiger partial charge < -0.3 is 5.32 Å². The summed E-state index contributed by atoms with van der Waals surface area (Å²) >= 11 is 0. The van der Waals surface area contributed by atoms with Crippen LogP contribution in [0.4, 0.5) is 5.69 Å². The van der Waals surface area contributed by atoms with Crippen LogP contribution in [0.5, 0.6) is 0 Å². The molecule has 0 aliphatic heterocycles. The third kappa shape index (κ3) is 3.70. The lowest BCUT2D eigenvalue weighted by Gasteiger charge is -2.13. The van der Waals surface area contributed by atoms with Crippen molar-refractivity contribution in [3.8, 4) is 0 Å². The molecule has 2 aromatic carbocycles. The molecular weight excluding hydrogens is 246 g/mol. The average molecular weight is 267 g/mol. The van der Waals surface area contributed by atoms with E-state index in [1.807, 2.05) is 44.2 Å². The number of aryl methyl sites for hydroxylation is 2. The Bertz CT molecular complexity index is 590. The molecule has 2 rings (SSSR count). The number of amides is 1. The Balaban J connectivity index is 2.01. The van der Waals surface area contributed by atoms with Crippen molar-refractivity contribution in [1.29, 1.82) is 0 Å². The van der Waals surface area contributed by atoms with E-state index >= 15 is 0 Å². The van der Waals surface area contributed by atoms with Gasteiger partial charge in [0.1, 0.15) is 0 Å². The number of carbonyl (C=O) groups is 1. The number of anilines is 1. The molecule has 20 heavy (non-hydrogen) atoms. The summed E-state index contributed by atoms with van der Waals surface area (Å²) in [5.41, 5.74) is 4.36. The molecule has 2 nitrogen and oxygen atoms in total. The molecule has 2 aromatic rings. The summed E-state index contributed by atoms with van der Waals surface area (Å²) in [6.07, 6.45) is 0.497. The van der Waals surface area contributed by atoms with Gasteiger partial charge in [0.25, 0.3) is 0 Å². The number of rotatable bonds is 4. The maximum absolute atomic E-state index is 12.1. The molecule has 0 aromatic heterocycles. The molecule has 0 bridgehead atoms. The SMILES string of the molecule is Cc1ccc(C)c(NC(=O)C[C@H](C)c2ccccc2)c1. The van der Waals surface area contributed by atoms with Crippen LogP contribution in [-0.2, 0) is 4.79 Å². The quantitative estimate of drug-likeness (QED) is 0.872. The summed E-state index contributed by atoms with van der Waals surface area (Å²) < 4.78 is 0. The van der Waals surface area contributed by atoms with E-state index in [4.69, 9.17) is 0 Å². The van der Waals surface area contributed by atoms with Crippen molar-refractivity contribution in [3.63, 3.8) is 0 Å². The van der Waals surface area contributed by atoms with Crippen molar-refractivity contribution in [2.75, 3.05) is 5.32 Å². The fraction of sp³-hybridized carbons (Fsp3) is 0.278. The highest BCUT2D eigenvalue weighted by Gasteiger charge is 2.12. The van der Waals surface area contributed by atoms with E-state index in [0.29, 0.717) is 6.42 Å². The molecule has 0 heterocycles. The molecule has 0 spiro atoms. The first-order chi connectivity index (χ1) is 9.56. The van der Waals surface area contributed by atoms with E-state index in [1.54, 1.807) is 0 Å². The van der Waals surface area contributed by atoms with Gasteiger partial charge in [-0.2, -0.15) is 0 Å². The van der Waals surface area contributed by atoms with E-state index in [9.17, 15) is 4.79 Å². The Morgan fingerprint density at radius 2 is 1.80 bits per heavy atom. The molecule has 1 amide bonds. The van der Waals surface area contributed by atoms with Crippen molar-refractivity contribution < 1.29 is 4.79 Å². The highest BCUT2D eigenvalue weighted by molar-refractivity contribution is 5.92. The van der Waals surface area contributed by atoms with Gasteiger partial charge in [-0.15, -0.1) is 0 Å². The van der Waals surface area contributed by atoms with Crippen LogP contribution in [0, 0.1) is 13.8 Å². The monoisotopic (exact) mass is 267 g/mol. The van der Waals surface area contributed by atoms with Crippen molar-refractivity contribution in [2.45, 2.75) is 33.1 Å². The van der Waals surface area contributed by atoms with Gasteiger partial charge in [0, 0.05) is 12.1 Å². The van der Waals surface area contributed by atoms with Crippen LogP contribution in [0.3, 0.4) is 0 Å². The molecule has 1 N–H and O–H groups in total. The molecule has 0 aliphatic carbocycles. The maximum atomic E-state index is 12.1. The smallest absolute Gasteiger partial charge is 0.224 e. The zero-order valence-electron chi connectivity index (χ0n) is 12.3. The first-order valence-corrected chi connectivity index (χ1v) is 6.98. The minimum Gasteiger partial charge on any atom is -0.326 e. The number of hydrogen-bond donors (Lipinski definition) is 1. The zero-order valence-corrected chi connectivity index (χ0v) is 12.3. The zero-order chi connectivity index (χ0) is 14.5. The molecule has 0 aliphatic rings. The third-order valence-electron chi connectivity index (χ3n) is 3.53. The first-order valence-electron chi connectivity index (χ1n) is 6.98. The minimum absolute atomic E-state index is 0.0649. The molecular formula is C18H21NO. The predicted octanol–water partition coefficient (Wildman–Crippen LogP) is 4.44. The third-order valence-corrected chi connectivity index (χ3v) is 3.53. The Labute approximate surface area is 120 Å². The van der Waals surface area contributed by atoms with Crippen LogP contribution in [0.15, 0.2) is 48.5 Å². The highest BCUT2D eigenvalue weighted by Crippen LogP contribution is 2.21. The van der Waals surface area contributed by atoms with Crippen molar-refractivity contribution in [3.05, 3.63) is 65.2 Å². The van der Waals surface area contributed by atoms with Crippen LogP contribution in [0.2, 0.25) is 0 Å². The summed E-state index contributed by atoms with van der Waals surface area (Å²) in [5, 5.41) is 3.01. The molecule has 104 valence electrons. The predicted molar refractivity (Wildman–Crippen MR) is 84.0 cm³/mol. The molecule has 1 atom stereocenters. The Hall–Kier alpha value is -2.09. The summed E-state index contributed by atoms with van der Waals surface area (Å²) in [4.78, 5) is 12.1. The topological polar surface area (TPSA) is 29.1 Å². The number of hydrogen-bond acceptors (Lipinski definition) is 1. The molecule has 0 saturated carbocycles. The standard InChI is InChI=1S/C18H21NO/c1-13-9-10-14(2)17(11-13)19-18(20)12-15(3)16-7-5-4-6-8-16/h4-11,15H,12H2,1-3H3,(H,19,20)/t15-/m0/s1. The van der Waals surface area contributed by atoms with Gasteiger partial charge in [0.2, 0.25) is 5.91 Å². The summed E-state index contributed by atoms with van der Waals surface area (Å²) in [5.74, 6) is 0.288. The van der Waals surface area contributed by atoms with Crippen LogP contribution in [0.25, 0.3) is 0 Å². The normalized spacial score (nSPS) is 11.9. The fourth-order valence-electron chi connectivity index (χ4n) is 2.25. The van der Waals surface area contributed by atoms with Gasteiger partial charge >= 0.3 is 0 Å². The lowest BCUT2D eigenvalue weighted by atomic mass is 9.97. The molecule has 0 fully saturated rings. The van der Waals surface area contributed by atoms with Gasteiger partial charge in [0.05, 0.1) is 0 Å². The lowest BCUT2D eigenvalue weighted by Crippen LogP contribution is -2.15. The second kappa shape index (κ2) is 6.38. The van der Waals surface area contributed by atoms with E-state index < -0.39 is 0 Å². The van der Waals surface area contributed by atoms with Gasteiger partial charge in [0.15, 0.2) is 0 Å². The largest absolute Gasteiger partial charge is 0.326 e. The van der Waals surface area contributed by atoms with E-state index in [0.717, 1.165) is 16.8 Å². The summed E-state index contributed by atoms with van der Waals surface area (Å²) in [6, 6.07) is 16.2. The van der Waals surface area contributed by atoms with Crippen molar-refractivity contribution in [1.82, 2.24) is 0 Å². The number of carbonyl (C=O) groups excluding carboxylic acids is 1. The Kier molecular flexibility index (Phi) is 4.57. The van der Waals surface area contributed by atoms with Gasteiger partial charge in [-0.3, -0.25) is 4.79 Å². The molecule has 0 saturated heterocycles. The molecule has 0 unspecified atom stereocenters. The summed E-state index contributed by atoms with van der Waals surface area (Å²) in [6.45, 7) is 6.12. The van der Waals surface area contributed by atoms with Crippen LogP contribution >= 0.6 is 0 Å². The van der Waals surface area contributed by atoms with Crippen LogP contribution < -0.4 is 5.32 Å².